The maximum Gasteiger partial charge on any atom is 0.238 e. The fourth-order valence-corrected chi connectivity index (χ4v) is 3.47. The van der Waals surface area contributed by atoms with E-state index in [2.05, 4.69) is 15.6 Å². The molecule has 0 aliphatic carbocycles. The van der Waals surface area contributed by atoms with Gasteiger partial charge in [-0.3, -0.25) is 9.69 Å². The van der Waals surface area contributed by atoms with Gasteiger partial charge in [0.25, 0.3) is 0 Å². The Labute approximate surface area is 173 Å². The number of likely N-dealkylation sites (N-methyl/N-ethyl adjacent to an activating group) is 1. The minimum atomic E-state index is -0.123. The van der Waals surface area contributed by atoms with E-state index in [4.69, 9.17) is 16.3 Å². The molecule has 2 N–H and O–H groups in total. The molecule has 1 heterocycles. The summed E-state index contributed by atoms with van der Waals surface area (Å²) in [6.07, 6.45) is 0. The molecule has 0 atom stereocenters. The lowest BCUT2D eigenvalue weighted by Gasteiger charge is -2.15. The van der Waals surface area contributed by atoms with E-state index in [1.807, 2.05) is 53.7 Å². The predicted octanol–water partition coefficient (Wildman–Crippen LogP) is 4.62. The van der Waals surface area contributed by atoms with Crippen molar-refractivity contribution in [3.05, 3.63) is 64.6 Å². The van der Waals surface area contributed by atoms with Crippen LogP contribution in [0.2, 0.25) is 5.02 Å². The first kappa shape index (κ1) is 20.1. The summed E-state index contributed by atoms with van der Waals surface area (Å²) in [5.74, 6) is 0.685. The molecule has 1 amide bonds. The van der Waals surface area contributed by atoms with Gasteiger partial charge in [-0.15, -0.1) is 11.3 Å². The highest BCUT2D eigenvalue weighted by Gasteiger charge is 2.11. The van der Waals surface area contributed by atoms with E-state index in [-0.39, 0.29) is 12.5 Å². The Bertz CT molecular complexity index is 930. The molecule has 3 aromatic rings. The first-order valence-electron chi connectivity index (χ1n) is 8.62. The summed E-state index contributed by atoms with van der Waals surface area (Å²) in [5, 5.41) is 9.39. The molecule has 0 aliphatic rings. The molecule has 0 saturated carbocycles. The molecule has 0 unspecified atom stereocenters. The molecule has 0 spiro atoms. The summed E-state index contributed by atoms with van der Waals surface area (Å²) in [4.78, 5) is 18.7. The summed E-state index contributed by atoms with van der Waals surface area (Å²) in [5.41, 5.74) is 2.45. The van der Waals surface area contributed by atoms with Crippen molar-refractivity contribution in [1.29, 1.82) is 0 Å². The summed E-state index contributed by atoms with van der Waals surface area (Å²) in [6.45, 7) is 0.806. The van der Waals surface area contributed by atoms with Gasteiger partial charge in [0.05, 0.1) is 30.1 Å². The summed E-state index contributed by atoms with van der Waals surface area (Å²) in [7, 11) is 3.52. The molecule has 3 rings (SSSR count). The Hall–Kier alpha value is -2.61. The molecule has 146 valence electrons. The molecule has 0 bridgehead atoms. The van der Waals surface area contributed by atoms with E-state index >= 15 is 0 Å². The van der Waals surface area contributed by atoms with Crippen molar-refractivity contribution in [2.45, 2.75) is 6.54 Å². The molecular formula is C20H21ClN4O2S. The van der Waals surface area contributed by atoms with Gasteiger partial charge in [0.1, 0.15) is 5.75 Å². The number of aromatic nitrogens is 1. The highest BCUT2D eigenvalue weighted by atomic mass is 35.5. The lowest BCUT2D eigenvalue weighted by atomic mass is 10.3. The molecule has 1 aromatic heterocycles. The zero-order valence-corrected chi connectivity index (χ0v) is 17.2. The molecule has 28 heavy (non-hydrogen) atoms. The molecule has 0 saturated heterocycles. The Morgan fingerprint density at radius 2 is 1.96 bits per heavy atom. The van der Waals surface area contributed by atoms with Crippen LogP contribution in [0.3, 0.4) is 0 Å². The van der Waals surface area contributed by atoms with Crippen LogP contribution < -0.4 is 15.4 Å². The zero-order valence-electron chi connectivity index (χ0n) is 15.6. The Balaban J connectivity index is 1.51. The SMILES string of the molecule is COc1ccc(Nc2nc(CN(C)CC(=O)Nc3ccccc3Cl)cs2)cc1. The lowest BCUT2D eigenvalue weighted by Crippen LogP contribution is -2.30. The lowest BCUT2D eigenvalue weighted by molar-refractivity contribution is -0.117. The summed E-state index contributed by atoms with van der Waals surface area (Å²) >= 11 is 7.59. The third-order valence-electron chi connectivity index (χ3n) is 3.89. The number of ether oxygens (including phenoxy) is 1. The molecule has 0 fully saturated rings. The zero-order chi connectivity index (χ0) is 19.9. The Morgan fingerprint density at radius 1 is 1.21 bits per heavy atom. The number of amides is 1. The number of halogens is 1. The van der Waals surface area contributed by atoms with Crippen LogP contribution in [0.5, 0.6) is 5.75 Å². The molecule has 2 aromatic carbocycles. The van der Waals surface area contributed by atoms with Crippen molar-refractivity contribution < 1.29 is 9.53 Å². The van der Waals surface area contributed by atoms with Crippen molar-refractivity contribution in [2.75, 3.05) is 31.3 Å². The molecule has 0 radical (unpaired) electrons. The minimum absolute atomic E-state index is 0.123. The van der Waals surface area contributed by atoms with Gasteiger partial charge in [-0.1, -0.05) is 23.7 Å². The van der Waals surface area contributed by atoms with Gasteiger partial charge in [0.15, 0.2) is 5.13 Å². The van der Waals surface area contributed by atoms with Crippen molar-refractivity contribution in [2.24, 2.45) is 0 Å². The number of rotatable bonds is 8. The molecule has 6 nitrogen and oxygen atoms in total. The number of methoxy groups -OCH3 is 1. The first-order valence-corrected chi connectivity index (χ1v) is 9.87. The third kappa shape index (κ3) is 5.69. The van der Waals surface area contributed by atoms with E-state index in [1.54, 1.807) is 19.2 Å². The maximum atomic E-state index is 12.2. The standard InChI is InChI=1S/C20H21ClN4O2S/c1-25(12-19(26)24-18-6-4-3-5-17(18)21)11-15-13-28-20(23-15)22-14-7-9-16(27-2)10-8-14/h3-10,13H,11-12H2,1-2H3,(H,22,23)(H,24,26). The van der Waals surface area contributed by atoms with E-state index in [9.17, 15) is 4.79 Å². The summed E-state index contributed by atoms with van der Waals surface area (Å²) < 4.78 is 5.16. The van der Waals surface area contributed by atoms with E-state index in [0.717, 1.165) is 22.3 Å². The molecule has 0 aliphatic heterocycles. The van der Waals surface area contributed by atoms with Crippen LogP contribution in [-0.2, 0) is 11.3 Å². The van der Waals surface area contributed by atoms with Gasteiger partial charge in [-0.25, -0.2) is 4.98 Å². The molecular weight excluding hydrogens is 396 g/mol. The van der Waals surface area contributed by atoms with Crippen LogP contribution in [0.25, 0.3) is 0 Å². The van der Waals surface area contributed by atoms with Crippen molar-refractivity contribution in [1.82, 2.24) is 9.88 Å². The number of para-hydroxylation sites is 1. The van der Waals surface area contributed by atoms with Crippen molar-refractivity contribution in [3.8, 4) is 5.75 Å². The number of carbonyl (C=O) groups is 1. The average molecular weight is 417 g/mol. The fourth-order valence-electron chi connectivity index (χ4n) is 2.56. The van der Waals surface area contributed by atoms with Gasteiger partial charge >= 0.3 is 0 Å². The highest BCUT2D eigenvalue weighted by Crippen LogP contribution is 2.23. The van der Waals surface area contributed by atoms with Crippen molar-refractivity contribution in [3.63, 3.8) is 0 Å². The average Bonchev–Trinajstić information content (AvgIpc) is 3.10. The quantitative estimate of drug-likeness (QED) is 0.561. The predicted molar refractivity (Wildman–Crippen MR) is 115 cm³/mol. The van der Waals surface area contributed by atoms with Crippen LogP contribution in [-0.4, -0.2) is 36.5 Å². The van der Waals surface area contributed by atoms with Gasteiger partial charge in [-0.2, -0.15) is 0 Å². The first-order chi connectivity index (χ1) is 13.5. The van der Waals surface area contributed by atoms with Gasteiger partial charge in [0.2, 0.25) is 5.91 Å². The minimum Gasteiger partial charge on any atom is -0.497 e. The van der Waals surface area contributed by atoms with Gasteiger partial charge in [0, 0.05) is 17.6 Å². The van der Waals surface area contributed by atoms with Crippen molar-refractivity contribution >= 4 is 45.4 Å². The fraction of sp³-hybridized carbons (Fsp3) is 0.200. The van der Waals surface area contributed by atoms with Gasteiger partial charge in [-0.05, 0) is 43.4 Å². The molecule has 8 heteroatoms. The number of thiazole rings is 1. The van der Waals surface area contributed by atoms with E-state index in [1.165, 1.54) is 11.3 Å². The van der Waals surface area contributed by atoms with Crippen LogP contribution in [0, 0.1) is 0 Å². The number of nitrogens with zero attached hydrogens (tertiary/aromatic N) is 2. The Kier molecular flexibility index (Phi) is 6.86. The number of hydrogen-bond donors (Lipinski definition) is 2. The topological polar surface area (TPSA) is 66.5 Å². The number of anilines is 3. The maximum absolute atomic E-state index is 12.2. The number of nitrogens with one attached hydrogen (secondary N) is 2. The Morgan fingerprint density at radius 3 is 2.68 bits per heavy atom. The summed E-state index contributed by atoms with van der Waals surface area (Å²) in [6, 6.07) is 14.8. The monoisotopic (exact) mass is 416 g/mol. The van der Waals surface area contributed by atoms with Gasteiger partial charge < -0.3 is 15.4 Å². The smallest absolute Gasteiger partial charge is 0.238 e. The second kappa shape index (κ2) is 9.54. The normalized spacial score (nSPS) is 10.7. The van der Waals surface area contributed by atoms with Crippen LogP contribution in [0.15, 0.2) is 53.9 Å². The van der Waals surface area contributed by atoms with Crippen LogP contribution >= 0.6 is 22.9 Å². The van der Waals surface area contributed by atoms with E-state index in [0.29, 0.717) is 17.3 Å². The number of hydrogen-bond acceptors (Lipinski definition) is 6. The second-order valence-corrected chi connectivity index (χ2v) is 7.46. The van der Waals surface area contributed by atoms with Crippen LogP contribution in [0.4, 0.5) is 16.5 Å². The number of benzene rings is 2. The second-order valence-electron chi connectivity index (χ2n) is 6.20. The highest BCUT2D eigenvalue weighted by molar-refractivity contribution is 7.13. The third-order valence-corrected chi connectivity index (χ3v) is 5.02. The number of carbonyl (C=O) groups excluding carboxylic acids is 1. The van der Waals surface area contributed by atoms with Crippen LogP contribution in [0.1, 0.15) is 5.69 Å². The largest absolute Gasteiger partial charge is 0.497 e. The van der Waals surface area contributed by atoms with E-state index < -0.39 is 0 Å².